The predicted octanol–water partition coefficient (Wildman–Crippen LogP) is 0.773. The first-order chi connectivity index (χ1) is 4.86. The molecule has 2 N–H and O–H groups in total. The molecule has 0 saturated heterocycles. The van der Waals surface area contributed by atoms with E-state index in [9.17, 15) is 0 Å². The summed E-state index contributed by atoms with van der Waals surface area (Å²) in [5, 5.41) is 22.3. The van der Waals surface area contributed by atoms with Gasteiger partial charge in [0.1, 0.15) is 11.4 Å². The van der Waals surface area contributed by atoms with Crippen LogP contribution < -0.4 is 0 Å². The van der Waals surface area contributed by atoms with Gasteiger partial charge in [0.15, 0.2) is 0 Å². The van der Waals surface area contributed by atoms with Crippen LogP contribution in [0.1, 0.15) is 0 Å². The second-order valence-electron chi connectivity index (χ2n) is 1.72. The SMILES string of the molecule is ON=C1C=CC(=NO)C=C1. The fourth-order valence-electron chi connectivity index (χ4n) is 0.586. The van der Waals surface area contributed by atoms with Gasteiger partial charge < -0.3 is 10.4 Å². The molecule has 0 radical (unpaired) electrons. The highest BCUT2D eigenvalue weighted by Crippen LogP contribution is 1.95. The molecule has 1 rings (SSSR count). The fourth-order valence-corrected chi connectivity index (χ4v) is 0.586. The summed E-state index contributed by atoms with van der Waals surface area (Å²) >= 11 is 0. The zero-order valence-electron chi connectivity index (χ0n) is 5.10. The van der Waals surface area contributed by atoms with E-state index in [4.69, 9.17) is 10.4 Å². The maximum absolute atomic E-state index is 8.23. The molecule has 0 heterocycles. The molecule has 0 aliphatic heterocycles. The molecule has 0 atom stereocenters. The third kappa shape index (κ3) is 1.22. The van der Waals surface area contributed by atoms with Gasteiger partial charge >= 0.3 is 0 Å². The van der Waals surface area contributed by atoms with Gasteiger partial charge in [-0.05, 0) is 24.3 Å². The Hall–Kier alpha value is -1.58. The number of nitrogens with zero attached hydrogens (tertiary/aromatic N) is 2. The minimum absolute atomic E-state index is 0.437. The van der Waals surface area contributed by atoms with Crippen LogP contribution in [0, 0.1) is 0 Å². The largest absolute Gasteiger partial charge is 0.410 e. The summed E-state index contributed by atoms with van der Waals surface area (Å²) in [4.78, 5) is 0. The zero-order chi connectivity index (χ0) is 7.40. The molecule has 0 unspecified atom stereocenters. The van der Waals surface area contributed by atoms with Crippen molar-refractivity contribution in [2.45, 2.75) is 0 Å². The fraction of sp³-hybridized carbons (Fsp3) is 0. The Kier molecular flexibility index (Phi) is 1.84. The molecule has 4 heteroatoms. The second-order valence-corrected chi connectivity index (χ2v) is 1.72. The molecule has 1 aliphatic rings. The summed E-state index contributed by atoms with van der Waals surface area (Å²) in [6, 6.07) is 0. The first-order valence-electron chi connectivity index (χ1n) is 2.67. The van der Waals surface area contributed by atoms with Crippen LogP contribution in [-0.4, -0.2) is 21.8 Å². The number of rotatable bonds is 0. The normalized spacial score (nSPS) is 15.6. The minimum atomic E-state index is 0.437. The Balaban J connectivity index is 2.81. The second kappa shape index (κ2) is 2.82. The van der Waals surface area contributed by atoms with E-state index in [1.165, 1.54) is 24.3 Å². The van der Waals surface area contributed by atoms with Gasteiger partial charge in [0, 0.05) is 0 Å². The maximum atomic E-state index is 8.23. The van der Waals surface area contributed by atoms with Crippen LogP contribution in [0.4, 0.5) is 0 Å². The van der Waals surface area contributed by atoms with E-state index >= 15 is 0 Å². The van der Waals surface area contributed by atoms with Crippen molar-refractivity contribution >= 4 is 11.4 Å². The summed E-state index contributed by atoms with van der Waals surface area (Å²) in [5.74, 6) is 0. The van der Waals surface area contributed by atoms with Crippen LogP contribution in [0.3, 0.4) is 0 Å². The molecule has 0 spiro atoms. The molecule has 1 aliphatic carbocycles. The van der Waals surface area contributed by atoms with E-state index in [1.807, 2.05) is 0 Å². The van der Waals surface area contributed by atoms with Gasteiger partial charge in [-0.2, -0.15) is 0 Å². The van der Waals surface area contributed by atoms with Crippen LogP contribution in [0.25, 0.3) is 0 Å². The molecule has 52 valence electrons. The standard InChI is InChI=1S/C6H6N2O2/c9-7-5-1-2-6(8-10)4-3-5/h1-4,9-10H. The van der Waals surface area contributed by atoms with Gasteiger partial charge in [0.2, 0.25) is 0 Å². The highest BCUT2D eigenvalue weighted by molar-refractivity contribution is 6.18. The van der Waals surface area contributed by atoms with E-state index < -0.39 is 0 Å². The van der Waals surface area contributed by atoms with E-state index in [2.05, 4.69) is 10.3 Å². The molecular weight excluding hydrogens is 132 g/mol. The summed E-state index contributed by atoms with van der Waals surface area (Å²) in [6.07, 6.45) is 6.15. The maximum Gasteiger partial charge on any atom is 0.102 e. The van der Waals surface area contributed by atoms with Crippen LogP contribution in [-0.2, 0) is 0 Å². The first kappa shape index (κ1) is 6.54. The zero-order valence-corrected chi connectivity index (χ0v) is 5.10. The van der Waals surface area contributed by atoms with Gasteiger partial charge in [-0.15, -0.1) is 0 Å². The lowest BCUT2D eigenvalue weighted by molar-refractivity contribution is 0.319. The van der Waals surface area contributed by atoms with Crippen molar-refractivity contribution < 1.29 is 10.4 Å². The molecular formula is C6H6N2O2. The van der Waals surface area contributed by atoms with Crippen molar-refractivity contribution in [1.82, 2.24) is 0 Å². The van der Waals surface area contributed by atoms with E-state index in [0.717, 1.165) is 0 Å². The summed E-state index contributed by atoms with van der Waals surface area (Å²) in [7, 11) is 0. The first-order valence-corrected chi connectivity index (χ1v) is 2.67. The van der Waals surface area contributed by atoms with Crippen LogP contribution in [0.15, 0.2) is 34.6 Å². The Labute approximate surface area is 57.5 Å². The van der Waals surface area contributed by atoms with Crippen molar-refractivity contribution in [2.75, 3.05) is 0 Å². The van der Waals surface area contributed by atoms with Crippen LogP contribution >= 0.6 is 0 Å². The highest BCUT2D eigenvalue weighted by Gasteiger charge is 1.97. The van der Waals surface area contributed by atoms with Crippen molar-refractivity contribution in [1.29, 1.82) is 0 Å². The van der Waals surface area contributed by atoms with Crippen molar-refractivity contribution in [3.63, 3.8) is 0 Å². The molecule has 0 aromatic carbocycles. The third-order valence-electron chi connectivity index (χ3n) is 1.08. The van der Waals surface area contributed by atoms with Crippen LogP contribution in [0.5, 0.6) is 0 Å². The van der Waals surface area contributed by atoms with Gasteiger partial charge in [-0.1, -0.05) is 10.3 Å². The van der Waals surface area contributed by atoms with Gasteiger partial charge in [-0.25, -0.2) is 0 Å². The molecule has 0 aromatic heterocycles. The Bertz CT molecular complexity index is 196. The van der Waals surface area contributed by atoms with E-state index in [-0.39, 0.29) is 0 Å². The molecule has 0 amide bonds. The Morgan fingerprint density at radius 1 is 0.800 bits per heavy atom. The molecule has 4 nitrogen and oxygen atoms in total. The minimum Gasteiger partial charge on any atom is -0.410 e. The molecule has 0 aromatic rings. The lowest BCUT2D eigenvalue weighted by atomic mass is 10.1. The molecule has 0 bridgehead atoms. The molecule has 0 fully saturated rings. The molecule has 0 saturated carbocycles. The average molecular weight is 138 g/mol. The van der Waals surface area contributed by atoms with Crippen molar-refractivity contribution in [3.8, 4) is 0 Å². The number of hydrogen-bond donors (Lipinski definition) is 2. The number of hydrogen-bond acceptors (Lipinski definition) is 4. The Morgan fingerprint density at radius 2 is 1.10 bits per heavy atom. The average Bonchev–Trinajstić information content (AvgIpc) is 2.05. The van der Waals surface area contributed by atoms with Gasteiger partial charge in [0.05, 0.1) is 0 Å². The lowest BCUT2D eigenvalue weighted by Crippen LogP contribution is -1.99. The summed E-state index contributed by atoms with van der Waals surface area (Å²) < 4.78 is 0. The highest BCUT2D eigenvalue weighted by atomic mass is 16.4. The Morgan fingerprint density at radius 3 is 1.30 bits per heavy atom. The summed E-state index contributed by atoms with van der Waals surface area (Å²) in [5.41, 5.74) is 0.875. The van der Waals surface area contributed by atoms with Crippen LogP contribution in [0.2, 0.25) is 0 Å². The van der Waals surface area contributed by atoms with Gasteiger partial charge in [0.25, 0.3) is 0 Å². The smallest absolute Gasteiger partial charge is 0.102 e. The third-order valence-corrected chi connectivity index (χ3v) is 1.08. The summed E-state index contributed by atoms with van der Waals surface area (Å²) in [6.45, 7) is 0. The van der Waals surface area contributed by atoms with Crippen molar-refractivity contribution in [3.05, 3.63) is 24.3 Å². The quantitative estimate of drug-likeness (QED) is 0.295. The topological polar surface area (TPSA) is 65.2 Å². The van der Waals surface area contributed by atoms with E-state index in [0.29, 0.717) is 11.4 Å². The van der Waals surface area contributed by atoms with Crippen molar-refractivity contribution in [2.24, 2.45) is 10.3 Å². The van der Waals surface area contributed by atoms with E-state index in [1.54, 1.807) is 0 Å². The monoisotopic (exact) mass is 138 g/mol. The number of oxime groups is 2. The lowest BCUT2D eigenvalue weighted by Gasteiger charge is -1.95. The van der Waals surface area contributed by atoms with Gasteiger partial charge in [-0.3, -0.25) is 0 Å². The molecule has 10 heavy (non-hydrogen) atoms. The predicted molar refractivity (Wildman–Crippen MR) is 36.7 cm³/mol. The number of allylic oxidation sites excluding steroid dienone is 4.